The molecule has 0 aliphatic heterocycles. The predicted octanol–water partition coefficient (Wildman–Crippen LogP) is 1.63. The van der Waals surface area contributed by atoms with Crippen LogP contribution in [0.25, 0.3) is 0 Å². The zero-order chi connectivity index (χ0) is 11.5. The maximum Gasteiger partial charge on any atom is 0.252 e. The summed E-state index contributed by atoms with van der Waals surface area (Å²) in [5.41, 5.74) is -0.119. The molecule has 2 N–H and O–H groups in total. The monoisotopic (exact) mass is 227 g/mol. The third-order valence-electron chi connectivity index (χ3n) is 2.11. The Morgan fingerprint density at radius 1 is 1.60 bits per heavy atom. The summed E-state index contributed by atoms with van der Waals surface area (Å²) >= 11 is 1.78. The van der Waals surface area contributed by atoms with E-state index in [4.69, 9.17) is 0 Å². The number of thioether (sulfide) groups is 1. The lowest BCUT2D eigenvalue weighted by Crippen LogP contribution is -2.27. The lowest BCUT2D eigenvalue weighted by Gasteiger charge is -2.22. The van der Waals surface area contributed by atoms with Crippen molar-refractivity contribution < 1.29 is 0 Å². The average molecular weight is 227 g/mol. The van der Waals surface area contributed by atoms with Crippen LogP contribution in [0.2, 0.25) is 0 Å². The molecule has 0 unspecified atom stereocenters. The Morgan fingerprint density at radius 2 is 2.27 bits per heavy atom. The van der Waals surface area contributed by atoms with Crippen LogP contribution >= 0.6 is 11.8 Å². The molecule has 0 fully saturated rings. The van der Waals surface area contributed by atoms with E-state index in [-0.39, 0.29) is 10.3 Å². The Balaban J connectivity index is 2.70. The SMILES string of the molecule is CSC(C)(C)CNc1cc(=O)[nH]c(C)n1. The lowest BCUT2D eigenvalue weighted by atomic mass is 10.2. The van der Waals surface area contributed by atoms with Gasteiger partial charge in [-0.25, -0.2) is 4.98 Å². The van der Waals surface area contributed by atoms with Crippen LogP contribution in [-0.4, -0.2) is 27.5 Å². The van der Waals surface area contributed by atoms with Crippen molar-refractivity contribution in [3.05, 3.63) is 22.2 Å². The smallest absolute Gasteiger partial charge is 0.252 e. The molecular weight excluding hydrogens is 210 g/mol. The highest BCUT2D eigenvalue weighted by Crippen LogP contribution is 2.20. The first-order valence-corrected chi connectivity index (χ1v) is 6.02. The highest BCUT2D eigenvalue weighted by Gasteiger charge is 2.15. The van der Waals surface area contributed by atoms with Gasteiger partial charge in [-0.1, -0.05) is 0 Å². The van der Waals surface area contributed by atoms with Crippen molar-refractivity contribution in [2.75, 3.05) is 18.1 Å². The van der Waals surface area contributed by atoms with Gasteiger partial charge in [0.25, 0.3) is 5.56 Å². The van der Waals surface area contributed by atoms with Gasteiger partial charge in [-0.2, -0.15) is 11.8 Å². The topological polar surface area (TPSA) is 57.8 Å². The Hall–Kier alpha value is -0.970. The summed E-state index contributed by atoms with van der Waals surface area (Å²) in [6.45, 7) is 6.84. The van der Waals surface area contributed by atoms with Crippen molar-refractivity contribution in [3.63, 3.8) is 0 Å². The summed E-state index contributed by atoms with van der Waals surface area (Å²) in [4.78, 5) is 18.0. The van der Waals surface area contributed by atoms with Gasteiger partial charge in [-0.15, -0.1) is 0 Å². The molecule has 0 aliphatic rings. The maximum atomic E-state index is 11.2. The minimum absolute atomic E-state index is 0.119. The molecule has 4 nitrogen and oxygen atoms in total. The summed E-state index contributed by atoms with van der Waals surface area (Å²) in [6, 6.07) is 1.48. The molecule has 84 valence electrons. The molecular formula is C10H17N3OS. The Bertz CT molecular complexity index is 386. The third-order valence-corrected chi connectivity index (χ3v) is 3.36. The molecule has 1 aromatic rings. The first kappa shape index (κ1) is 12.1. The number of anilines is 1. The second-order valence-corrected chi connectivity index (χ2v) is 5.55. The number of nitrogens with zero attached hydrogens (tertiary/aromatic N) is 1. The minimum Gasteiger partial charge on any atom is -0.368 e. The molecule has 0 atom stereocenters. The normalized spacial score (nSPS) is 11.5. The predicted molar refractivity (Wildman–Crippen MR) is 65.7 cm³/mol. The molecule has 0 aliphatic carbocycles. The molecule has 15 heavy (non-hydrogen) atoms. The van der Waals surface area contributed by atoms with E-state index in [2.05, 4.69) is 35.4 Å². The van der Waals surface area contributed by atoms with Gasteiger partial charge in [-0.3, -0.25) is 4.79 Å². The van der Waals surface area contributed by atoms with Crippen molar-refractivity contribution in [1.82, 2.24) is 9.97 Å². The molecule has 0 radical (unpaired) electrons. The molecule has 0 amide bonds. The first-order chi connectivity index (χ1) is 6.93. The largest absolute Gasteiger partial charge is 0.368 e. The number of rotatable bonds is 4. The highest BCUT2D eigenvalue weighted by atomic mass is 32.2. The zero-order valence-corrected chi connectivity index (χ0v) is 10.4. The fourth-order valence-electron chi connectivity index (χ4n) is 1.05. The van der Waals surface area contributed by atoms with E-state index in [0.29, 0.717) is 11.6 Å². The molecule has 0 aromatic carbocycles. The van der Waals surface area contributed by atoms with Crippen molar-refractivity contribution in [2.24, 2.45) is 0 Å². The van der Waals surface area contributed by atoms with Gasteiger partial charge in [0, 0.05) is 17.4 Å². The van der Waals surface area contributed by atoms with Crippen LogP contribution in [0.15, 0.2) is 10.9 Å². The molecule has 0 saturated carbocycles. The van der Waals surface area contributed by atoms with Gasteiger partial charge >= 0.3 is 0 Å². The number of aryl methyl sites for hydroxylation is 1. The molecule has 1 aromatic heterocycles. The number of aromatic nitrogens is 2. The summed E-state index contributed by atoms with van der Waals surface area (Å²) in [5.74, 6) is 1.27. The number of aromatic amines is 1. The standard InChI is InChI=1S/C10H17N3OS/c1-7-12-8(5-9(14)13-7)11-6-10(2,3)15-4/h5H,6H2,1-4H3,(H2,11,12,13,14). The number of hydrogen-bond donors (Lipinski definition) is 2. The van der Waals surface area contributed by atoms with Gasteiger partial charge in [0.1, 0.15) is 11.6 Å². The molecule has 0 saturated heterocycles. The minimum atomic E-state index is -0.119. The number of nitrogens with one attached hydrogen (secondary N) is 2. The lowest BCUT2D eigenvalue weighted by molar-refractivity contribution is 0.748. The quantitative estimate of drug-likeness (QED) is 0.821. The summed E-state index contributed by atoms with van der Waals surface area (Å²) in [5, 5.41) is 3.17. The van der Waals surface area contributed by atoms with Crippen LogP contribution in [-0.2, 0) is 0 Å². The van der Waals surface area contributed by atoms with Crippen molar-refractivity contribution in [2.45, 2.75) is 25.5 Å². The Kier molecular flexibility index (Phi) is 3.79. The first-order valence-electron chi connectivity index (χ1n) is 4.80. The van der Waals surface area contributed by atoms with Gasteiger partial charge in [0.05, 0.1) is 0 Å². The fraction of sp³-hybridized carbons (Fsp3) is 0.600. The molecule has 0 spiro atoms. The maximum absolute atomic E-state index is 11.2. The highest BCUT2D eigenvalue weighted by molar-refractivity contribution is 7.99. The van der Waals surface area contributed by atoms with Crippen molar-refractivity contribution in [3.8, 4) is 0 Å². The van der Waals surface area contributed by atoms with Crippen LogP contribution in [0.4, 0.5) is 5.82 Å². The van der Waals surface area contributed by atoms with Crippen LogP contribution in [0.1, 0.15) is 19.7 Å². The van der Waals surface area contributed by atoms with Gasteiger partial charge in [0.15, 0.2) is 0 Å². The van der Waals surface area contributed by atoms with Gasteiger partial charge in [-0.05, 0) is 27.0 Å². The summed E-state index contributed by atoms with van der Waals surface area (Å²) < 4.78 is 0.137. The molecule has 5 heteroatoms. The van der Waals surface area contributed by atoms with Gasteiger partial charge < -0.3 is 10.3 Å². The van der Waals surface area contributed by atoms with Crippen LogP contribution in [0, 0.1) is 6.92 Å². The van der Waals surface area contributed by atoms with E-state index in [1.54, 1.807) is 18.7 Å². The van der Waals surface area contributed by atoms with Crippen LogP contribution in [0.5, 0.6) is 0 Å². The van der Waals surface area contributed by atoms with E-state index in [0.717, 1.165) is 6.54 Å². The van der Waals surface area contributed by atoms with E-state index in [1.807, 2.05) is 0 Å². The van der Waals surface area contributed by atoms with E-state index in [1.165, 1.54) is 6.07 Å². The molecule has 1 heterocycles. The average Bonchev–Trinajstić information content (AvgIpc) is 2.14. The fourth-order valence-corrected chi connectivity index (χ4v) is 1.26. The second-order valence-electron chi connectivity index (χ2n) is 4.03. The van der Waals surface area contributed by atoms with Crippen LogP contribution < -0.4 is 10.9 Å². The second kappa shape index (κ2) is 4.70. The molecule has 1 rings (SSSR count). The van der Waals surface area contributed by atoms with Crippen LogP contribution in [0.3, 0.4) is 0 Å². The van der Waals surface area contributed by atoms with Gasteiger partial charge in [0.2, 0.25) is 0 Å². The summed E-state index contributed by atoms with van der Waals surface area (Å²) in [7, 11) is 0. The Morgan fingerprint density at radius 3 is 2.80 bits per heavy atom. The van der Waals surface area contributed by atoms with E-state index in [9.17, 15) is 4.79 Å². The molecule has 0 bridgehead atoms. The van der Waals surface area contributed by atoms with Crippen molar-refractivity contribution >= 4 is 17.6 Å². The van der Waals surface area contributed by atoms with E-state index < -0.39 is 0 Å². The van der Waals surface area contributed by atoms with E-state index >= 15 is 0 Å². The van der Waals surface area contributed by atoms with Crippen molar-refractivity contribution in [1.29, 1.82) is 0 Å². The Labute approximate surface area is 93.9 Å². The zero-order valence-electron chi connectivity index (χ0n) is 9.55. The number of hydrogen-bond acceptors (Lipinski definition) is 4. The third kappa shape index (κ3) is 3.95. The number of H-pyrrole nitrogens is 1. The summed E-state index contributed by atoms with van der Waals surface area (Å²) in [6.07, 6.45) is 2.07.